The van der Waals surface area contributed by atoms with Crippen molar-refractivity contribution in [2.24, 2.45) is 0 Å². The molecule has 0 aliphatic carbocycles. The first kappa shape index (κ1) is 12.2. The van der Waals surface area contributed by atoms with Gasteiger partial charge in [-0.15, -0.1) is 0 Å². The molecule has 2 aromatic rings. The molecule has 0 aliphatic heterocycles. The minimum absolute atomic E-state index is 0.0314. The molecule has 8 heteroatoms. The summed E-state index contributed by atoms with van der Waals surface area (Å²) in [5.41, 5.74) is 0.0314. The summed E-state index contributed by atoms with van der Waals surface area (Å²) in [5, 5.41) is 9.49. The Bertz CT molecular complexity index is 637. The number of phenolic OH excluding ortho intramolecular Hbond substituents is 1. The smallest absolute Gasteiger partial charge is 0.279 e. The summed E-state index contributed by atoms with van der Waals surface area (Å²) in [6, 6.07) is 4.23. The summed E-state index contributed by atoms with van der Waals surface area (Å²) >= 11 is 0. The molecule has 0 aliphatic rings. The maximum absolute atomic E-state index is 11.9. The molecule has 3 N–H and O–H groups in total. The Morgan fingerprint density at radius 3 is 2.83 bits per heavy atom. The number of aromatic amines is 1. The first-order valence-corrected chi connectivity index (χ1v) is 6.39. The largest absolute Gasteiger partial charge is 0.506 e. The van der Waals surface area contributed by atoms with Crippen LogP contribution in [0.1, 0.15) is 0 Å². The monoisotopic (exact) mass is 269 g/mol. The van der Waals surface area contributed by atoms with Crippen LogP contribution in [0.4, 0.5) is 5.69 Å². The summed E-state index contributed by atoms with van der Waals surface area (Å²) in [5.74, 6) is 0.231. The number of aromatic hydroxyl groups is 1. The van der Waals surface area contributed by atoms with Gasteiger partial charge >= 0.3 is 0 Å². The van der Waals surface area contributed by atoms with E-state index in [-0.39, 0.29) is 16.5 Å². The highest BCUT2D eigenvalue weighted by Gasteiger charge is 2.17. The van der Waals surface area contributed by atoms with Crippen LogP contribution in [0.3, 0.4) is 0 Å². The normalized spacial score (nSPS) is 11.2. The number of aromatic nitrogens is 2. The zero-order valence-corrected chi connectivity index (χ0v) is 10.2. The summed E-state index contributed by atoms with van der Waals surface area (Å²) in [6.07, 6.45) is 2.42. The third kappa shape index (κ3) is 2.38. The standard InChI is InChI=1S/C10H11N3O4S/c1-17-7-2-3-9(14)8(4-7)13-18(15,16)10-5-11-6-12-10/h2-6,13-14H,1H3,(H,11,12). The summed E-state index contributed by atoms with van der Waals surface area (Å²) in [4.78, 5) is 6.10. The van der Waals surface area contributed by atoms with Crippen LogP contribution in [-0.2, 0) is 10.0 Å². The topological polar surface area (TPSA) is 104 Å². The first-order valence-electron chi connectivity index (χ1n) is 4.91. The van der Waals surface area contributed by atoms with Crippen molar-refractivity contribution in [1.29, 1.82) is 0 Å². The zero-order chi connectivity index (χ0) is 13.2. The number of anilines is 1. The minimum Gasteiger partial charge on any atom is -0.506 e. The number of ether oxygens (including phenoxy) is 1. The van der Waals surface area contributed by atoms with E-state index >= 15 is 0 Å². The molecule has 0 amide bonds. The van der Waals surface area contributed by atoms with Crippen LogP contribution in [0, 0.1) is 0 Å². The van der Waals surface area contributed by atoms with Crippen LogP contribution in [0.15, 0.2) is 35.7 Å². The molecule has 0 saturated carbocycles. The van der Waals surface area contributed by atoms with Crippen molar-refractivity contribution >= 4 is 15.7 Å². The lowest BCUT2D eigenvalue weighted by atomic mass is 10.3. The van der Waals surface area contributed by atoms with E-state index in [9.17, 15) is 13.5 Å². The summed E-state index contributed by atoms with van der Waals surface area (Å²) in [6.45, 7) is 0. The summed E-state index contributed by atoms with van der Waals surface area (Å²) < 4.78 is 30.9. The average molecular weight is 269 g/mol. The quantitative estimate of drug-likeness (QED) is 0.716. The van der Waals surface area contributed by atoms with Crippen molar-refractivity contribution < 1.29 is 18.3 Å². The molecule has 0 radical (unpaired) electrons. The Balaban J connectivity index is 2.35. The van der Waals surface area contributed by atoms with E-state index in [0.717, 1.165) is 0 Å². The Labute approximate surface area is 104 Å². The second-order valence-corrected chi connectivity index (χ2v) is 5.06. The van der Waals surface area contributed by atoms with Gasteiger partial charge in [0.15, 0.2) is 5.03 Å². The van der Waals surface area contributed by atoms with Gasteiger partial charge in [-0.2, -0.15) is 8.42 Å². The molecule has 7 nitrogen and oxygen atoms in total. The Kier molecular flexibility index (Phi) is 3.11. The predicted octanol–water partition coefficient (Wildman–Crippen LogP) is 0.925. The van der Waals surface area contributed by atoms with Crippen LogP contribution in [0.25, 0.3) is 0 Å². The number of methoxy groups -OCH3 is 1. The van der Waals surface area contributed by atoms with Gasteiger partial charge in [-0.05, 0) is 12.1 Å². The molecule has 0 saturated heterocycles. The third-order valence-electron chi connectivity index (χ3n) is 2.21. The lowest BCUT2D eigenvalue weighted by Gasteiger charge is -2.09. The molecule has 0 fully saturated rings. The number of H-pyrrole nitrogens is 1. The Hall–Kier alpha value is -2.22. The van der Waals surface area contributed by atoms with Gasteiger partial charge in [-0.3, -0.25) is 4.72 Å². The molecule has 18 heavy (non-hydrogen) atoms. The van der Waals surface area contributed by atoms with E-state index in [1.807, 2.05) is 0 Å². The van der Waals surface area contributed by atoms with Gasteiger partial charge in [0.1, 0.15) is 11.5 Å². The number of hydrogen-bond donors (Lipinski definition) is 3. The molecule has 2 rings (SSSR count). The highest BCUT2D eigenvalue weighted by atomic mass is 32.2. The fraction of sp³-hybridized carbons (Fsp3) is 0.100. The lowest BCUT2D eigenvalue weighted by Crippen LogP contribution is -2.13. The Morgan fingerprint density at radius 1 is 1.44 bits per heavy atom. The molecule has 1 heterocycles. The second-order valence-electron chi connectivity index (χ2n) is 3.40. The molecule has 0 unspecified atom stereocenters. The van der Waals surface area contributed by atoms with Crippen molar-refractivity contribution in [1.82, 2.24) is 9.97 Å². The van der Waals surface area contributed by atoms with Gasteiger partial charge in [-0.1, -0.05) is 0 Å². The van der Waals surface area contributed by atoms with Gasteiger partial charge in [-0.25, -0.2) is 4.98 Å². The predicted molar refractivity (Wildman–Crippen MR) is 64.1 cm³/mol. The number of imidazole rings is 1. The van der Waals surface area contributed by atoms with Crippen LogP contribution in [-0.4, -0.2) is 30.6 Å². The molecule has 1 aromatic heterocycles. The van der Waals surface area contributed by atoms with E-state index in [4.69, 9.17) is 4.74 Å². The van der Waals surface area contributed by atoms with E-state index in [1.54, 1.807) is 0 Å². The van der Waals surface area contributed by atoms with Gasteiger partial charge in [0, 0.05) is 6.07 Å². The maximum Gasteiger partial charge on any atom is 0.279 e. The van der Waals surface area contributed by atoms with Gasteiger partial charge < -0.3 is 14.8 Å². The first-order chi connectivity index (χ1) is 8.53. The molecule has 1 aromatic carbocycles. The van der Waals surface area contributed by atoms with Crippen LogP contribution in [0.2, 0.25) is 0 Å². The second kappa shape index (κ2) is 4.57. The van der Waals surface area contributed by atoms with Crippen LogP contribution >= 0.6 is 0 Å². The molecule has 96 valence electrons. The number of sulfonamides is 1. The summed E-state index contributed by atoms with van der Waals surface area (Å²) in [7, 11) is -2.36. The minimum atomic E-state index is -3.80. The molecular weight excluding hydrogens is 258 g/mol. The van der Waals surface area contributed by atoms with Gasteiger partial charge in [0.2, 0.25) is 0 Å². The van der Waals surface area contributed by atoms with E-state index in [0.29, 0.717) is 5.75 Å². The van der Waals surface area contributed by atoms with Crippen molar-refractivity contribution in [2.45, 2.75) is 5.03 Å². The molecule has 0 bridgehead atoms. The van der Waals surface area contributed by atoms with Crippen LogP contribution in [0.5, 0.6) is 11.5 Å². The van der Waals surface area contributed by atoms with E-state index < -0.39 is 10.0 Å². The number of phenols is 1. The van der Waals surface area contributed by atoms with Crippen molar-refractivity contribution in [3.63, 3.8) is 0 Å². The number of nitrogens with zero attached hydrogens (tertiary/aromatic N) is 1. The zero-order valence-electron chi connectivity index (χ0n) is 9.41. The van der Waals surface area contributed by atoms with Crippen LogP contribution < -0.4 is 9.46 Å². The highest BCUT2D eigenvalue weighted by Crippen LogP contribution is 2.29. The van der Waals surface area contributed by atoms with Gasteiger partial charge in [0.05, 0.1) is 25.3 Å². The highest BCUT2D eigenvalue weighted by molar-refractivity contribution is 7.92. The number of nitrogens with one attached hydrogen (secondary N) is 2. The van der Waals surface area contributed by atoms with E-state index in [1.165, 1.54) is 37.8 Å². The lowest BCUT2D eigenvalue weighted by molar-refractivity contribution is 0.413. The number of rotatable bonds is 4. The SMILES string of the molecule is COc1ccc(O)c(NS(=O)(=O)c2cnc[nH]2)c1. The fourth-order valence-electron chi connectivity index (χ4n) is 1.31. The molecular formula is C10H11N3O4S. The molecule has 0 atom stereocenters. The van der Waals surface area contributed by atoms with Crippen molar-refractivity contribution in [3.05, 3.63) is 30.7 Å². The maximum atomic E-state index is 11.9. The fourth-order valence-corrected chi connectivity index (χ4v) is 2.28. The average Bonchev–Trinajstić information content (AvgIpc) is 2.86. The molecule has 0 spiro atoms. The van der Waals surface area contributed by atoms with Crippen molar-refractivity contribution in [2.75, 3.05) is 11.8 Å². The number of benzene rings is 1. The van der Waals surface area contributed by atoms with E-state index in [2.05, 4.69) is 14.7 Å². The Morgan fingerprint density at radius 2 is 2.22 bits per heavy atom. The third-order valence-corrected chi connectivity index (χ3v) is 3.50. The van der Waals surface area contributed by atoms with Crippen molar-refractivity contribution in [3.8, 4) is 11.5 Å². The van der Waals surface area contributed by atoms with Gasteiger partial charge in [0.25, 0.3) is 10.0 Å². The number of hydrogen-bond acceptors (Lipinski definition) is 5.